The number of nitrogens with zero attached hydrogens (tertiary/aromatic N) is 5. The molecule has 24 heavy (non-hydrogen) atoms. The predicted octanol–water partition coefficient (Wildman–Crippen LogP) is 2.64. The van der Waals surface area contributed by atoms with Crippen LogP contribution in [0.4, 0.5) is 5.69 Å². The fraction of sp³-hybridized carbons (Fsp3) is 0.333. The van der Waals surface area contributed by atoms with Crippen molar-refractivity contribution in [2.24, 2.45) is 16.0 Å². The second kappa shape index (κ2) is 5.93. The quantitative estimate of drug-likeness (QED) is 0.859. The van der Waals surface area contributed by atoms with Gasteiger partial charge in [-0.05, 0) is 32.1 Å². The summed E-state index contributed by atoms with van der Waals surface area (Å²) in [5, 5.41) is 15.5. The molecule has 0 radical (unpaired) electrons. The van der Waals surface area contributed by atoms with Crippen LogP contribution in [0.2, 0.25) is 0 Å². The van der Waals surface area contributed by atoms with E-state index < -0.39 is 11.6 Å². The van der Waals surface area contributed by atoms with Crippen molar-refractivity contribution in [1.29, 1.82) is 5.26 Å². The zero-order valence-electron chi connectivity index (χ0n) is 14.0. The molecule has 0 aliphatic carbocycles. The monoisotopic (exact) mass is 321 g/mol. The fourth-order valence-electron chi connectivity index (χ4n) is 3.09. The second-order valence-electron chi connectivity index (χ2n) is 5.92. The Morgan fingerprint density at radius 3 is 2.96 bits per heavy atom. The van der Waals surface area contributed by atoms with Crippen LogP contribution in [0.3, 0.4) is 0 Å². The number of hydrogen-bond acceptors (Lipinski definition) is 5. The smallest absolute Gasteiger partial charge is 0.223 e. The molecule has 2 unspecified atom stereocenters. The molecule has 0 fully saturated rings. The fourth-order valence-corrected chi connectivity index (χ4v) is 3.09. The van der Waals surface area contributed by atoms with Gasteiger partial charge in [-0.1, -0.05) is 12.1 Å². The summed E-state index contributed by atoms with van der Waals surface area (Å²) in [5.74, 6) is -0.396. The van der Waals surface area contributed by atoms with Gasteiger partial charge in [0.05, 0.1) is 11.8 Å². The van der Waals surface area contributed by atoms with Crippen LogP contribution in [-0.4, -0.2) is 35.6 Å². The first-order valence-corrected chi connectivity index (χ1v) is 7.89. The Kier molecular flexibility index (Phi) is 3.94. The normalized spacial score (nSPS) is 24.3. The largest absolute Gasteiger partial charge is 0.313 e. The molecule has 2 aliphatic rings. The van der Waals surface area contributed by atoms with Gasteiger partial charge in [-0.2, -0.15) is 10.4 Å². The Hall–Kier alpha value is -2.94. The van der Waals surface area contributed by atoms with Gasteiger partial charge in [-0.3, -0.25) is 9.79 Å². The van der Waals surface area contributed by atoms with Crippen LogP contribution in [0.1, 0.15) is 26.3 Å². The highest BCUT2D eigenvalue weighted by Crippen LogP contribution is 2.39. The molecule has 1 aromatic rings. The molecular weight excluding hydrogens is 302 g/mol. The molecule has 0 aromatic heterocycles. The number of allylic oxidation sites excluding steroid dienone is 1. The molecule has 2 heterocycles. The maximum absolute atomic E-state index is 11.8. The highest BCUT2D eigenvalue weighted by Gasteiger charge is 2.46. The molecular formula is C18H19N5O. The van der Waals surface area contributed by atoms with Crippen LogP contribution in [0, 0.1) is 17.2 Å². The maximum Gasteiger partial charge on any atom is 0.223 e. The van der Waals surface area contributed by atoms with E-state index in [0.717, 1.165) is 16.9 Å². The molecule has 6 nitrogen and oxygen atoms in total. The lowest BCUT2D eigenvalue weighted by atomic mass is 9.95. The lowest BCUT2D eigenvalue weighted by Crippen LogP contribution is -2.43. The molecule has 0 saturated carbocycles. The van der Waals surface area contributed by atoms with E-state index >= 15 is 0 Å². The van der Waals surface area contributed by atoms with Crippen molar-refractivity contribution in [3.63, 3.8) is 0 Å². The molecule has 0 bridgehead atoms. The summed E-state index contributed by atoms with van der Waals surface area (Å²) < 4.78 is 0. The Morgan fingerprint density at radius 1 is 1.50 bits per heavy atom. The molecule has 122 valence electrons. The van der Waals surface area contributed by atoms with E-state index in [1.165, 1.54) is 0 Å². The number of rotatable bonds is 3. The summed E-state index contributed by atoms with van der Waals surface area (Å²) in [4.78, 5) is 18.0. The molecule has 3 rings (SSSR count). The topological polar surface area (TPSA) is 72.1 Å². The molecule has 1 aromatic carbocycles. The Morgan fingerprint density at radius 2 is 2.29 bits per heavy atom. The van der Waals surface area contributed by atoms with E-state index in [-0.39, 0.29) is 5.91 Å². The number of carbonyl (C=O) groups excluding carboxylic acids is 1. The lowest BCUT2D eigenvalue weighted by molar-refractivity contribution is -0.116. The molecule has 2 aliphatic heterocycles. The average Bonchev–Trinajstić information content (AvgIpc) is 2.91. The summed E-state index contributed by atoms with van der Waals surface area (Å²) in [6.07, 6.45) is 5.23. The van der Waals surface area contributed by atoms with Crippen molar-refractivity contribution in [2.45, 2.75) is 26.4 Å². The van der Waals surface area contributed by atoms with E-state index in [2.05, 4.69) is 16.2 Å². The van der Waals surface area contributed by atoms with Crippen LogP contribution in [0.25, 0.3) is 5.70 Å². The number of carbonyl (C=O) groups is 1. The van der Waals surface area contributed by atoms with Crippen molar-refractivity contribution in [1.82, 2.24) is 5.01 Å². The zero-order valence-corrected chi connectivity index (χ0v) is 14.0. The average molecular weight is 321 g/mol. The number of amides is 1. The summed E-state index contributed by atoms with van der Waals surface area (Å²) in [5.41, 5.74) is 1.91. The number of benzene rings is 1. The molecule has 1 amide bonds. The third-order valence-electron chi connectivity index (χ3n) is 4.43. The number of aliphatic imine (C=N–C) groups is 1. The first-order valence-electron chi connectivity index (χ1n) is 7.89. The lowest BCUT2D eigenvalue weighted by Gasteiger charge is -2.36. The molecule has 0 saturated heterocycles. The van der Waals surface area contributed by atoms with Gasteiger partial charge in [-0.15, -0.1) is 0 Å². The number of hydrazone groups is 1. The van der Waals surface area contributed by atoms with Crippen molar-refractivity contribution >= 4 is 29.7 Å². The number of nitriles is 1. The van der Waals surface area contributed by atoms with Crippen molar-refractivity contribution in [2.75, 3.05) is 11.4 Å². The first kappa shape index (κ1) is 15.9. The minimum atomic E-state index is -0.722. The molecule has 6 heteroatoms. The second-order valence-corrected chi connectivity index (χ2v) is 5.92. The standard InChI is InChI=1S/C18H19N5O/c1-4-22(13(2)24)16-7-5-6-14(10-16)17-8-9-20-18(3)15(11-19)12-21-23(17)18/h5-10,12,15H,4H2,1-3H3. The van der Waals surface area contributed by atoms with Crippen LogP contribution < -0.4 is 4.90 Å². The van der Waals surface area contributed by atoms with Gasteiger partial charge in [0.15, 0.2) is 5.66 Å². The number of fused-ring (bicyclic) bond motifs is 1. The van der Waals surface area contributed by atoms with Gasteiger partial charge in [0, 0.05) is 37.1 Å². The van der Waals surface area contributed by atoms with E-state index in [4.69, 9.17) is 0 Å². The molecule has 0 spiro atoms. The van der Waals surface area contributed by atoms with E-state index in [0.29, 0.717) is 6.54 Å². The van der Waals surface area contributed by atoms with Crippen LogP contribution in [0.5, 0.6) is 0 Å². The highest BCUT2D eigenvalue weighted by atomic mass is 16.2. The predicted molar refractivity (Wildman–Crippen MR) is 94.5 cm³/mol. The van der Waals surface area contributed by atoms with Crippen LogP contribution in [0.15, 0.2) is 40.4 Å². The first-order chi connectivity index (χ1) is 11.5. The third kappa shape index (κ3) is 2.38. The highest BCUT2D eigenvalue weighted by molar-refractivity contribution is 5.93. The summed E-state index contributed by atoms with van der Waals surface area (Å²) in [7, 11) is 0. The van der Waals surface area contributed by atoms with E-state index in [9.17, 15) is 10.1 Å². The summed E-state index contributed by atoms with van der Waals surface area (Å²) in [6.45, 7) is 6.01. The van der Waals surface area contributed by atoms with Gasteiger partial charge in [0.1, 0.15) is 5.92 Å². The van der Waals surface area contributed by atoms with Gasteiger partial charge in [0.2, 0.25) is 5.91 Å². The Labute approximate surface area is 141 Å². The Balaban J connectivity index is 2.00. The summed E-state index contributed by atoms with van der Waals surface area (Å²) in [6, 6.07) is 10.0. The summed E-state index contributed by atoms with van der Waals surface area (Å²) >= 11 is 0. The van der Waals surface area contributed by atoms with Crippen LogP contribution >= 0.6 is 0 Å². The third-order valence-corrected chi connectivity index (χ3v) is 4.43. The SMILES string of the molecule is CCN(C(C)=O)c1cccc(C2=CC=NC3(C)C(C#N)C=NN23)c1. The van der Waals surface area contributed by atoms with Crippen LogP contribution in [-0.2, 0) is 4.79 Å². The molecule has 0 N–H and O–H groups in total. The van der Waals surface area contributed by atoms with Crippen molar-refractivity contribution < 1.29 is 4.79 Å². The number of anilines is 1. The van der Waals surface area contributed by atoms with E-state index in [1.54, 1.807) is 29.3 Å². The number of hydrogen-bond donors (Lipinski definition) is 0. The minimum absolute atomic E-state index is 0.00223. The Bertz CT molecular complexity index is 804. The van der Waals surface area contributed by atoms with Gasteiger partial charge < -0.3 is 4.90 Å². The molecule has 2 atom stereocenters. The van der Waals surface area contributed by atoms with Gasteiger partial charge >= 0.3 is 0 Å². The minimum Gasteiger partial charge on any atom is -0.313 e. The van der Waals surface area contributed by atoms with Crippen molar-refractivity contribution in [3.8, 4) is 6.07 Å². The van der Waals surface area contributed by atoms with Gasteiger partial charge in [0.25, 0.3) is 0 Å². The maximum atomic E-state index is 11.8. The zero-order chi connectivity index (χ0) is 17.3. The van der Waals surface area contributed by atoms with Gasteiger partial charge in [-0.25, -0.2) is 5.01 Å². The van der Waals surface area contributed by atoms with Crippen molar-refractivity contribution in [3.05, 3.63) is 35.9 Å². The van der Waals surface area contributed by atoms with E-state index in [1.807, 2.05) is 44.2 Å².